The maximum atomic E-state index is 12.4. The van der Waals surface area contributed by atoms with Gasteiger partial charge in [-0.15, -0.1) is 0 Å². The molecule has 0 unspecified atom stereocenters. The van der Waals surface area contributed by atoms with E-state index in [1.807, 2.05) is 13.8 Å². The Morgan fingerprint density at radius 1 is 1.00 bits per heavy atom. The minimum absolute atomic E-state index is 0.0900. The Hall–Kier alpha value is -2.12. The first-order chi connectivity index (χ1) is 11.1. The van der Waals surface area contributed by atoms with Gasteiger partial charge >= 0.3 is 6.03 Å². The molecule has 4 amide bonds. The molecule has 0 aliphatic heterocycles. The van der Waals surface area contributed by atoms with Gasteiger partial charge in [0.25, 0.3) is 0 Å². The Kier molecular flexibility index (Phi) is 9.68. The molecule has 0 aromatic heterocycles. The van der Waals surface area contributed by atoms with Gasteiger partial charge in [0.15, 0.2) is 5.78 Å². The van der Waals surface area contributed by atoms with Gasteiger partial charge in [-0.05, 0) is 18.8 Å². The minimum atomic E-state index is -0.700. The third-order valence-corrected chi connectivity index (χ3v) is 3.51. The van der Waals surface area contributed by atoms with Crippen LogP contribution < -0.4 is 21.7 Å². The first kappa shape index (κ1) is 21.9. The van der Waals surface area contributed by atoms with Crippen molar-refractivity contribution in [1.82, 2.24) is 16.0 Å². The molecule has 8 nitrogen and oxygen atoms in total. The normalized spacial score (nSPS) is 13.3. The van der Waals surface area contributed by atoms with Gasteiger partial charge in [-0.2, -0.15) is 0 Å². The number of nitrogens with one attached hydrogen (secondary N) is 3. The van der Waals surface area contributed by atoms with Crippen molar-refractivity contribution in [2.24, 2.45) is 17.6 Å². The lowest BCUT2D eigenvalue weighted by atomic mass is 9.96. The highest BCUT2D eigenvalue weighted by Gasteiger charge is 2.28. The van der Waals surface area contributed by atoms with Crippen LogP contribution in [0.3, 0.4) is 0 Å². The summed E-state index contributed by atoms with van der Waals surface area (Å²) in [5.41, 5.74) is 4.99. The quantitative estimate of drug-likeness (QED) is 0.425. The molecule has 0 radical (unpaired) electrons. The maximum Gasteiger partial charge on any atom is 0.312 e. The fourth-order valence-electron chi connectivity index (χ4n) is 2.22. The standard InChI is InChI=1S/C16H30N4O4/c1-9(2)13(19-11(5)21)15(23)20-12(14(22)10(3)4)7-6-8-18-16(17)24/h9-10,12-13H,6-8H2,1-5H3,(H,19,21)(H,20,23)(H3,17,18,24)/t12-,13-/m0/s1. The van der Waals surface area contributed by atoms with Crippen LogP contribution in [-0.2, 0) is 14.4 Å². The van der Waals surface area contributed by atoms with Gasteiger partial charge < -0.3 is 21.7 Å². The molecule has 0 aliphatic rings. The van der Waals surface area contributed by atoms with Crippen LogP contribution in [0.25, 0.3) is 0 Å². The molecule has 0 spiro atoms. The molecule has 0 aromatic carbocycles. The van der Waals surface area contributed by atoms with Crippen LogP contribution in [0.5, 0.6) is 0 Å². The molecular weight excluding hydrogens is 312 g/mol. The van der Waals surface area contributed by atoms with E-state index in [1.54, 1.807) is 13.8 Å². The first-order valence-electron chi connectivity index (χ1n) is 8.20. The van der Waals surface area contributed by atoms with E-state index in [0.29, 0.717) is 19.4 Å². The van der Waals surface area contributed by atoms with Gasteiger partial charge in [-0.25, -0.2) is 4.79 Å². The lowest BCUT2D eigenvalue weighted by molar-refractivity contribution is -0.133. The van der Waals surface area contributed by atoms with Crippen molar-refractivity contribution in [3.63, 3.8) is 0 Å². The number of Topliss-reactive ketones (excluding diaryl/α,β-unsaturated/α-hetero) is 1. The third kappa shape index (κ3) is 8.50. The van der Waals surface area contributed by atoms with E-state index in [2.05, 4.69) is 16.0 Å². The first-order valence-corrected chi connectivity index (χ1v) is 8.20. The van der Waals surface area contributed by atoms with Crippen molar-refractivity contribution in [2.45, 2.75) is 59.5 Å². The van der Waals surface area contributed by atoms with Gasteiger partial charge in [-0.3, -0.25) is 14.4 Å². The largest absolute Gasteiger partial charge is 0.352 e. The number of rotatable bonds is 10. The van der Waals surface area contributed by atoms with E-state index in [-0.39, 0.29) is 29.4 Å². The van der Waals surface area contributed by atoms with Crippen LogP contribution in [0.1, 0.15) is 47.5 Å². The molecule has 0 saturated heterocycles. The van der Waals surface area contributed by atoms with Crippen molar-refractivity contribution >= 4 is 23.6 Å². The van der Waals surface area contributed by atoms with Gasteiger partial charge in [0.2, 0.25) is 11.8 Å². The second-order valence-electron chi connectivity index (χ2n) is 6.47. The molecule has 8 heteroatoms. The molecule has 0 heterocycles. The fraction of sp³-hybridized carbons (Fsp3) is 0.750. The van der Waals surface area contributed by atoms with Gasteiger partial charge in [0.05, 0.1) is 6.04 Å². The van der Waals surface area contributed by atoms with Crippen LogP contribution in [0, 0.1) is 11.8 Å². The van der Waals surface area contributed by atoms with E-state index in [4.69, 9.17) is 5.73 Å². The monoisotopic (exact) mass is 342 g/mol. The van der Waals surface area contributed by atoms with E-state index < -0.39 is 18.1 Å². The fourth-order valence-corrected chi connectivity index (χ4v) is 2.22. The Morgan fingerprint density at radius 3 is 2.00 bits per heavy atom. The molecule has 0 bridgehead atoms. The summed E-state index contributed by atoms with van der Waals surface area (Å²) >= 11 is 0. The minimum Gasteiger partial charge on any atom is -0.352 e. The number of hydrogen-bond acceptors (Lipinski definition) is 4. The summed E-state index contributed by atoms with van der Waals surface area (Å²) in [5, 5.41) is 7.77. The number of primary amides is 1. The number of carbonyl (C=O) groups is 4. The molecule has 138 valence electrons. The van der Waals surface area contributed by atoms with E-state index in [1.165, 1.54) is 6.92 Å². The SMILES string of the molecule is CC(=O)N[C@H](C(=O)N[C@@H](CCCNC(N)=O)C(=O)C(C)C)C(C)C. The number of ketones is 1. The molecule has 5 N–H and O–H groups in total. The molecule has 0 rings (SSSR count). The van der Waals surface area contributed by atoms with Crippen molar-refractivity contribution in [2.75, 3.05) is 6.54 Å². The average Bonchev–Trinajstić information content (AvgIpc) is 2.45. The smallest absolute Gasteiger partial charge is 0.312 e. The summed E-state index contributed by atoms with van der Waals surface area (Å²) in [5.74, 6) is -1.13. The van der Waals surface area contributed by atoms with Crippen molar-refractivity contribution in [1.29, 1.82) is 0 Å². The average molecular weight is 342 g/mol. The van der Waals surface area contributed by atoms with E-state index in [9.17, 15) is 19.2 Å². The summed E-state index contributed by atoms with van der Waals surface area (Å²) in [7, 11) is 0. The summed E-state index contributed by atoms with van der Waals surface area (Å²) in [6.45, 7) is 8.82. The number of urea groups is 1. The lowest BCUT2D eigenvalue weighted by Gasteiger charge is -2.25. The number of amides is 4. The van der Waals surface area contributed by atoms with Crippen LogP contribution in [0.2, 0.25) is 0 Å². The Morgan fingerprint density at radius 2 is 1.58 bits per heavy atom. The van der Waals surface area contributed by atoms with Gasteiger partial charge in [0, 0.05) is 19.4 Å². The zero-order valence-corrected chi connectivity index (χ0v) is 15.1. The second-order valence-corrected chi connectivity index (χ2v) is 6.47. The summed E-state index contributed by atoms with van der Waals surface area (Å²) in [6, 6.07) is -1.99. The summed E-state index contributed by atoms with van der Waals surface area (Å²) in [4.78, 5) is 46.7. The Labute approximate surface area is 143 Å². The van der Waals surface area contributed by atoms with Crippen LogP contribution >= 0.6 is 0 Å². The molecule has 0 fully saturated rings. The topological polar surface area (TPSA) is 130 Å². The zero-order valence-electron chi connectivity index (χ0n) is 15.1. The predicted octanol–water partition coefficient (Wildman–Crippen LogP) is 0.306. The molecule has 2 atom stereocenters. The molecule has 0 aromatic rings. The number of nitrogens with two attached hydrogens (primary N) is 1. The summed E-state index contributed by atoms with van der Waals surface area (Å²) in [6.07, 6.45) is 0.882. The second kappa shape index (κ2) is 10.6. The highest BCUT2D eigenvalue weighted by atomic mass is 16.2. The Bertz CT molecular complexity index is 463. The molecule has 24 heavy (non-hydrogen) atoms. The highest BCUT2D eigenvalue weighted by molar-refractivity contribution is 5.93. The predicted molar refractivity (Wildman–Crippen MR) is 91.0 cm³/mol. The maximum absolute atomic E-state index is 12.4. The molecular formula is C16H30N4O4. The Balaban J connectivity index is 4.88. The third-order valence-electron chi connectivity index (χ3n) is 3.51. The molecule has 0 saturated carbocycles. The van der Waals surface area contributed by atoms with Crippen LogP contribution in [-0.4, -0.2) is 42.3 Å². The van der Waals surface area contributed by atoms with Crippen molar-refractivity contribution < 1.29 is 19.2 Å². The number of carbonyl (C=O) groups excluding carboxylic acids is 4. The lowest BCUT2D eigenvalue weighted by Crippen LogP contribution is -2.54. The zero-order chi connectivity index (χ0) is 18.9. The van der Waals surface area contributed by atoms with Gasteiger partial charge in [-0.1, -0.05) is 27.7 Å². The van der Waals surface area contributed by atoms with E-state index in [0.717, 1.165) is 0 Å². The number of hydrogen-bond donors (Lipinski definition) is 4. The van der Waals surface area contributed by atoms with Crippen molar-refractivity contribution in [3.8, 4) is 0 Å². The van der Waals surface area contributed by atoms with Crippen LogP contribution in [0.15, 0.2) is 0 Å². The molecule has 0 aliphatic carbocycles. The van der Waals surface area contributed by atoms with Crippen LogP contribution in [0.4, 0.5) is 4.79 Å². The highest BCUT2D eigenvalue weighted by Crippen LogP contribution is 2.08. The van der Waals surface area contributed by atoms with Crippen molar-refractivity contribution in [3.05, 3.63) is 0 Å². The van der Waals surface area contributed by atoms with E-state index >= 15 is 0 Å². The summed E-state index contributed by atoms with van der Waals surface area (Å²) < 4.78 is 0. The van der Waals surface area contributed by atoms with Gasteiger partial charge in [0.1, 0.15) is 6.04 Å².